The Balaban J connectivity index is 1.02. The standard InChI is InChI=1S/C61H42N6/c62-60(43-23-9-3-10-24-43)64-61(44-25-11-4-12-26-44)65-67-55-34-16-14-32-51(55)59-57(67)36-35-56-58(59)50-31-13-15-33-54(50)66(56)49-30-18-28-46(38-49)48-39-52(42-21-7-2-8-22-42)63-53(40-48)47-29-17-27-45(37-47)41-19-5-1-6-20-41/h1-40H,(H2,62,64,65). The largest absolute Gasteiger partial charge is 0.309 e. The molecule has 9 aromatic carbocycles. The fourth-order valence-corrected chi connectivity index (χ4v) is 9.46. The molecule has 6 heteroatoms. The third-order valence-electron chi connectivity index (χ3n) is 12.6. The van der Waals surface area contributed by atoms with E-state index in [-0.39, 0.29) is 5.84 Å². The molecule has 0 aliphatic rings. The van der Waals surface area contributed by atoms with Gasteiger partial charge in [0.1, 0.15) is 0 Å². The molecule has 3 aromatic heterocycles. The highest BCUT2D eigenvalue weighted by molar-refractivity contribution is 6.29. The zero-order valence-corrected chi connectivity index (χ0v) is 36.4. The molecule has 0 saturated heterocycles. The Morgan fingerprint density at radius 1 is 0.388 bits per heavy atom. The summed E-state index contributed by atoms with van der Waals surface area (Å²) < 4.78 is 4.52. The second-order valence-corrected chi connectivity index (χ2v) is 16.7. The molecule has 0 aliphatic carbocycles. The average molecular weight is 859 g/mol. The van der Waals surface area contributed by atoms with Crippen LogP contribution >= 0.6 is 0 Å². The molecular weight excluding hydrogens is 817 g/mol. The monoisotopic (exact) mass is 858 g/mol. The van der Waals surface area contributed by atoms with Crippen molar-refractivity contribution in [3.05, 3.63) is 254 Å². The van der Waals surface area contributed by atoms with Gasteiger partial charge in [0.15, 0.2) is 11.7 Å². The minimum Gasteiger partial charge on any atom is -0.309 e. The van der Waals surface area contributed by atoms with E-state index in [1.54, 1.807) is 0 Å². The van der Waals surface area contributed by atoms with Gasteiger partial charge in [0.05, 0.1) is 33.5 Å². The van der Waals surface area contributed by atoms with Gasteiger partial charge < -0.3 is 4.57 Å². The van der Waals surface area contributed by atoms with E-state index >= 15 is 0 Å². The van der Waals surface area contributed by atoms with E-state index in [0.29, 0.717) is 5.84 Å². The Hall–Kier alpha value is -9.13. The van der Waals surface area contributed by atoms with Crippen molar-refractivity contribution in [1.82, 2.24) is 14.2 Å². The van der Waals surface area contributed by atoms with Gasteiger partial charge in [-0.3, -0.25) is 15.5 Å². The van der Waals surface area contributed by atoms with Crippen molar-refractivity contribution in [2.45, 2.75) is 0 Å². The van der Waals surface area contributed by atoms with Gasteiger partial charge in [-0.2, -0.15) is 0 Å². The van der Waals surface area contributed by atoms with Crippen LogP contribution in [0.2, 0.25) is 0 Å². The summed E-state index contributed by atoms with van der Waals surface area (Å²) in [5.41, 5.74) is 19.1. The topological polar surface area (TPSA) is 71.0 Å². The van der Waals surface area contributed by atoms with Crippen molar-refractivity contribution in [3.8, 4) is 50.5 Å². The molecule has 0 amide bonds. The minimum absolute atomic E-state index is 0.178. The first-order chi connectivity index (χ1) is 33.1. The Bertz CT molecular complexity index is 3830. The van der Waals surface area contributed by atoms with Crippen LogP contribution in [0, 0.1) is 5.41 Å². The average Bonchev–Trinajstić information content (AvgIpc) is 3.91. The molecule has 12 aromatic rings. The number of hydrogen-bond donors (Lipinski definition) is 2. The zero-order chi connectivity index (χ0) is 44.7. The van der Waals surface area contributed by atoms with Gasteiger partial charge in [0.2, 0.25) is 0 Å². The van der Waals surface area contributed by atoms with Crippen LogP contribution in [0.5, 0.6) is 0 Å². The van der Waals surface area contributed by atoms with E-state index in [4.69, 9.17) is 15.4 Å². The zero-order valence-electron chi connectivity index (χ0n) is 36.4. The fourth-order valence-electron chi connectivity index (χ4n) is 9.46. The molecule has 12 rings (SSSR count). The molecule has 316 valence electrons. The number of pyridine rings is 1. The summed E-state index contributed by atoms with van der Waals surface area (Å²) in [6.45, 7) is 0. The normalized spacial score (nSPS) is 11.7. The van der Waals surface area contributed by atoms with Crippen LogP contribution in [-0.2, 0) is 0 Å². The molecule has 0 aliphatic heterocycles. The molecule has 3 heterocycles. The van der Waals surface area contributed by atoms with Crippen LogP contribution in [0.4, 0.5) is 0 Å². The van der Waals surface area contributed by atoms with Gasteiger partial charge in [0, 0.05) is 49.5 Å². The van der Waals surface area contributed by atoms with Crippen LogP contribution in [0.1, 0.15) is 11.1 Å². The number of aromatic nitrogens is 3. The van der Waals surface area contributed by atoms with E-state index < -0.39 is 0 Å². The molecular formula is C61H42N6. The first-order valence-electron chi connectivity index (χ1n) is 22.5. The molecule has 0 saturated carbocycles. The lowest BCUT2D eigenvalue weighted by Gasteiger charge is -2.15. The summed E-state index contributed by atoms with van der Waals surface area (Å²) in [6.07, 6.45) is 0. The highest BCUT2D eigenvalue weighted by atomic mass is 15.4. The van der Waals surface area contributed by atoms with Gasteiger partial charge in [-0.25, -0.2) is 9.98 Å². The fraction of sp³-hybridized carbons (Fsp3) is 0. The molecule has 0 spiro atoms. The summed E-state index contributed by atoms with van der Waals surface area (Å²) in [7, 11) is 0. The molecule has 0 radical (unpaired) electrons. The van der Waals surface area contributed by atoms with Gasteiger partial charge in [-0.15, -0.1) is 0 Å². The molecule has 0 fully saturated rings. The van der Waals surface area contributed by atoms with Crippen molar-refractivity contribution < 1.29 is 0 Å². The minimum atomic E-state index is 0.178. The smallest absolute Gasteiger partial charge is 0.154 e. The SMILES string of the molecule is N=C(N=C(Nn1c2ccccc2c2c3c4ccccc4n(-c4cccc(-c5cc(-c6ccccc6)nc(-c6cccc(-c7ccccc7)c6)c5)c4)c3ccc21)c1ccccc1)c1ccccc1. The number of aliphatic imine (C=N–C) groups is 1. The van der Waals surface area contributed by atoms with Crippen LogP contribution < -0.4 is 5.43 Å². The number of benzene rings is 9. The first-order valence-corrected chi connectivity index (χ1v) is 22.5. The van der Waals surface area contributed by atoms with E-state index in [0.717, 1.165) is 94.2 Å². The van der Waals surface area contributed by atoms with Gasteiger partial charge in [-0.05, 0) is 76.9 Å². The Morgan fingerprint density at radius 2 is 0.896 bits per heavy atom. The number of hydrogen-bond acceptors (Lipinski definition) is 2. The Morgan fingerprint density at radius 3 is 1.61 bits per heavy atom. The number of amidine groups is 2. The Kier molecular flexibility index (Phi) is 9.88. The van der Waals surface area contributed by atoms with Crippen LogP contribution in [0.3, 0.4) is 0 Å². The lowest BCUT2D eigenvalue weighted by Crippen LogP contribution is -2.25. The van der Waals surface area contributed by atoms with Crippen molar-refractivity contribution in [2.24, 2.45) is 4.99 Å². The number of nitrogens with one attached hydrogen (secondary N) is 2. The maximum absolute atomic E-state index is 9.01. The van der Waals surface area contributed by atoms with Crippen LogP contribution in [0.25, 0.3) is 94.1 Å². The van der Waals surface area contributed by atoms with E-state index in [1.807, 2.05) is 66.7 Å². The lowest BCUT2D eigenvalue weighted by molar-refractivity contribution is 1.08. The van der Waals surface area contributed by atoms with Gasteiger partial charge in [-0.1, -0.05) is 188 Å². The highest BCUT2D eigenvalue weighted by Crippen LogP contribution is 2.42. The van der Waals surface area contributed by atoms with Gasteiger partial charge in [0.25, 0.3) is 0 Å². The van der Waals surface area contributed by atoms with Crippen LogP contribution in [-0.4, -0.2) is 25.9 Å². The number of rotatable bonds is 8. The van der Waals surface area contributed by atoms with E-state index in [9.17, 15) is 0 Å². The third kappa shape index (κ3) is 7.23. The number of fused-ring (bicyclic) bond motifs is 7. The second-order valence-electron chi connectivity index (χ2n) is 16.7. The van der Waals surface area contributed by atoms with Crippen molar-refractivity contribution in [3.63, 3.8) is 0 Å². The lowest BCUT2D eigenvalue weighted by atomic mass is 9.97. The number of nitrogens with zero attached hydrogens (tertiary/aromatic N) is 4. The second kappa shape index (κ2) is 16.8. The van der Waals surface area contributed by atoms with Gasteiger partial charge >= 0.3 is 0 Å². The maximum atomic E-state index is 9.01. The molecule has 0 unspecified atom stereocenters. The highest BCUT2D eigenvalue weighted by Gasteiger charge is 2.21. The molecule has 0 atom stereocenters. The van der Waals surface area contributed by atoms with Crippen molar-refractivity contribution in [1.29, 1.82) is 5.41 Å². The third-order valence-corrected chi connectivity index (χ3v) is 12.6. The predicted octanol–water partition coefficient (Wildman–Crippen LogP) is 15.0. The molecule has 0 bridgehead atoms. The molecule has 67 heavy (non-hydrogen) atoms. The molecule has 6 nitrogen and oxygen atoms in total. The summed E-state index contributed by atoms with van der Waals surface area (Å²) in [5, 5.41) is 13.6. The first kappa shape index (κ1) is 39.5. The molecule has 2 N–H and O–H groups in total. The van der Waals surface area contributed by atoms with Crippen molar-refractivity contribution in [2.75, 3.05) is 5.43 Å². The Labute approximate surface area is 387 Å². The summed E-state index contributed by atoms with van der Waals surface area (Å²) >= 11 is 0. The predicted molar refractivity (Wildman–Crippen MR) is 279 cm³/mol. The van der Waals surface area contributed by atoms with Crippen molar-refractivity contribution >= 4 is 55.3 Å². The maximum Gasteiger partial charge on any atom is 0.154 e. The summed E-state index contributed by atoms with van der Waals surface area (Å²) in [5.74, 6) is 0.756. The quantitative estimate of drug-likeness (QED) is 0.118. The van der Waals surface area contributed by atoms with E-state index in [1.165, 1.54) is 10.9 Å². The summed E-state index contributed by atoms with van der Waals surface area (Å²) in [4.78, 5) is 10.2. The number of para-hydroxylation sites is 2. The van der Waals surface area contributed by atoms with Crippen LogP contribution in [0.15, 0.2) is 248 Å². The van der Waals surface area contributed by atoms with E-state index in [2.05, 4.69) is 191 Å². The summed E-state index contributed by atoms with van der Waals surface area (Å²) in [6, 6.07) is 84.3.